The van der Waals surface area contributed by atoms with E-state index < -0.39 is 0 Å². The summed E-state index contributed by atoms with van der Waals surface area (Å²) in [7, 11) is 0. The Bertz CT molecular complexity index is 274. The van der Waals surface area contributed by atoms with Crippen molar-refractivity contribution in [3.05, 3.63) is 18.0 Å². The first-order chi connectivity index (χ1) is 7.86. The quantitative estimate of drug-likeness (QED) is 0.430. The molecule has 0 unspecified atom stereocenters. The van der Waals surface area contributed by atoms with Gasteiger partial charge < -0.3 is 5.32 Å². The van der Waals surface area contributed by atoms with E-state index in [4.69, 9.17) is 0 Å². The maximum absolute atomic E-state index is 4.24. The summed E-state index contributed by atoms with van der Waals surface area (Å²) in [6.45, 7) is 4.20. The molecule has 16 heavy (non-hydrogen) atoms. The van der Waals surface area contributed by atoms with Crippen LogP contribution in [-0.2, 0) is 6.54 Å². The number of nitrogens with one attached hydrogen (secondary N) is 1. The van der Waals surface area contributed by atoms with Gasteiger partial charge in [0.2, 0.25) is 0 Å². The van der Waals surface area contributed by atoms with Crippen LogP contribution in [-0.4, -0.2) is 22.8 Å². The van der Waals surface area contributed by atoms with Crippen LogP contribution in [0.4, 0.5) is 0 Å². The van der Waals surface area contributed by atoms with Gasteiger partial charge in [-0.05, 0) is 19.2 Å². The lowest BCUT2D eigenvalue weighted by molar-refractivity contribution is 0.596. The molecule has 4 heteroatoms. The average Bonchev–Trinajstić information content (AvgIpc) is 2.34. The predicted octanol–water partition coefficient (Wildman–Crippen LogP) is 2.87. The van der Waals surface area contributed by atoms with E-state index >= 15 is 0 Å². The molecule has 0 amide bonds. The van der Waals surface area contributed by atoms with Crippen molar-refractivity contribution in [2.24, 2.45) is 0 Å². The van der Waals surface area contributed by atoms with E-state index in [1.165, 1.54) is 25.7 Å². The average molecular weight is 239 g/mol. The molecule has 1 aromatic rings. The zero-order chi connectivity index (χ0) is 11.6. The van der Waals surface area contributed by atoms with Crippen molar-refractivity contribution in [1.82, 2.24) is 15.3 Å². The van der Waals surface area contributed by atoms with Gasteiger partial charge in [0, 0.05) is 24.5 Å². The minimum atomic E-state index is 0.840. The molecule has 3 nitrogen and oxygen atoms in total. The molecular weight excluding hydrogens is 218 g/mol. The molecule has 1 rings (SSSR count). The van der Waals surface area contributed by atoms with E-state index in [-0.39, 0.29) is 0 Å². The summed E-state index contributed by atoms with van der Waals surface area (Å²) in [6, 6.07) is 0. The molecule has 0 fully saturated rings. The van der Waals surface area contributed by atoms with E-state index in [0.717, 1.165) is 23.8 Å². The Balaban J connectivity index is 2.12. The highest BCUT2D eigenvalue weighted by Crippen LogP contribution is 2.06. The second kappa shape index (κ2) is 8.53. The van der Waals surface area contributed by atoms with Crippen LogP contribution in [0, 0.1) is 0 Å². The van der Waals surface area contributed by atoms with Gasteiger partial charge in [-0.25, -0.2) is 9.97 Å². The summed E-state index contributed by atoms with van der Waals surface area (Å²) in [5.41, 5.74) is 1.16. The predicted molar refractivity (Wildman–Crippen MR) is 69.7 cm³/mol. The van der Waals surface area contributed by atoms with Gasteiger partial charge in [0.05, 0.1) is 0 Å². The first-order valence-electron chi connectivity index (χ1n) is 5.92. The lowest BCUT2D eigenvalue weighted by Gasteiger charge is -2.04. The Morgan fingerprint density at radius 2 is 1.94 bits per heavy atom. The Morgan fingerprint density at radius 1 is 1.19 bits per heavy atom. The van der Waals surface area contributed by atoms with Crippen LogP contribution in [0.25, 0.3) is 0 Å². The zero-order valence-corrected chi connectivity index (χ0v) is 11.0. The molecule has 0 aliphatic carbocycles. The highest BCUT2D eigenvalue weighted by Gasteiger charge is 1.95. The SMILES string of the molecule is CCCCCCNCc1cnc(SC)nc1. The molecule has 0 aliphatic rings. The van der Waals surface area contributed by atoms with Gasteiger partial charge in [-0.3, -0.25) is 0 Å². The number of unbranched alkanes of at least 4 members (excludes halogenated alkanes) is 3. The Hall–Kier alpha value is -0.610. The minimum absolute atomic E-state index is 0.840. The molecule has 0 saturated carbocycles. The molecule has 1 aromatic heterocycles. The minimum Gasteiger partial charge on any atom is -0.313 e. The van der Waals surface area contributed by atoms with Crippen LogP contribution in [0.1, 0.15) is 38.2 Å². The Morgan fingerprint density at radius 3 is 2.56 bits per heavy atom. The van der Waals surface area contributed by atoms with Crippen LogP contribution in [0.15, 0.2) is 17.6 Å². The lowest BCUT2D eigenvalue weighted by Crippen LogP contribution is -2.15. The van der Waals surface area contributed by atoms with Crippen molar-refractivity contribution >= 4 is 11.8 Å². The number of rotatable bonds is 8. The maximum atomic E-state index is 4.24. The molecule has 1 heterocycles. The van der Waals surface area contributed by atoms with Gasteiger partial charge in [0.25, 0.3) is 0 Å². The highest BCUT2D eigenvalue weighted by atomic mass is 32.2. The van der Waals surface area contributed by atoms with Crippen LogP contribution >= 0.6 is 11.8 Å². The van der Waals surface area contributed by atoms with E-state index in [1.807, 2.05) is 18.6 Å². The van der Waals surface area contributed by atoms with E-state index in [1.54, 1.807) is 11.8 Å². The summed E-state index contributed by atoms with van der Waals surface area (Å²) < 4.78 is 0. The lowest BCUT2D eigenvalue weighted by atomic mass is 10.2. The summed E-state index contributed by atoms with van der Waals surface area (Å²) >= 11 is 1.57. The smallest absolute Gasteiger partial charge is 0.187 e. The second-order valence-electron chi connectivity index (χ2n) is 3.82. The van der Waals surface area contributed by atoms with Crippen molar-refractivity contribution < 1.29 is 0 Å². The Kier molecular flexibility index (Phi) is 7.17. The standard InChI is InChI=1S/C12H21N3S/c1-3-4-5-6-7-13-8-11-9-14-12(16-2)15-10-11/h9-10,13H,3-8H2,1-2H3. The number of hydrogen-bond acceptors (Lipinski definition) is 4. The van der Waals surface area contributed by atoms with E-state index in [0.29, 0.717) is 0 Å². The first kappa shape index (κ1) is 13.5. The number of aromatic nitrogens is 2. The third-order valence-electron chi connectivity index (χ3n) is 2.40. The van der Waals surface area contributed by atoms with Crippen LogP contribution in [0.2, 0.25) is 0 Å². The molecule has 90 valence electrons. The van der Waals surface area contributed by atoms with E-state index in [2.05, 4.69) is 22.2 Å². The molecular formula is C12H21N3S. The first-order valence-corrected chi connectivity index (χ1v) is 7.15. The fourth-order valence-corrected chi connectivity index (χ4v) is 1.77. The molecule has 0 saturated heterocycles. The largest absolute Gasteiger partial charge is 0.313 e. The van der Waals surface area contributed by atoms with Crippen LogP contribution < -0.4 is 5.32 Å². The summed E-state index contributed by atoms with van der Waals surface area (Å²) in [5.74, 6) is 0. The van der Waals surface area contributed by atoms with Gasteiger partial charge in [-0.2, -0.15) is 0 Å². The maximum Gasteiger partial charge on any atom is 0.187 e. The molecule has 0 aliphatic heterocycles. The van der Waals surface area contributed by atoms with Crippen molar-refractivity contribution in [2.75, 3.05) is 12.8 Å². The summed E-state index contributed by atoms with van der Waals surface area (Å²) in [5, 5.41) is 4.25. The molecule has 1 N–H and O–H groups in total. The van der Waals surface area contributed by atoms with E-state index in [9.17, 15) is 0 Å². The summed E-state index contributed by atoms with van der Waals surface area (Å²) in [6.07, 6.45) is 11.0. The van der Waals surface area contributed by atoms with Gasteiger partial charge >= 0.3 is 0 Å². The molecule has 0 atom stereocenters. The van der Waals surface area contributed by atoms with Gasteiger partial charge in [-0.1, -0.05) is 37.9 Å². The third kappa shape index (κ3) is 5.47. The molecule has 0 radical (unpaired) electrons. The number of nitrogens with zero attached hydrogens (tertiary/aromatic N) is 2. The number of thioether (sulfide) groups is 1. The summed E-state index contributed by atoms with van der Waals surface area (Å²) in [4.78, 5) is 8.47. The van der Waals surface area contributed by atoms with Gasteiger partial charge in [0.1, 0.15) is 0 Å². The monoisotopic (exact) mass is 239 g/mol. The van der Waals surface area contributed by atoms with Crippen molar-refractivity contribution in [3.8, 4) is 0 Å². The van der Waals surface area contributed by atoms with Crippen LogP contribution in [0.3, 0.4) is 0 Å². The fraction of sp³-hybridized carbons (Fsp3) is 0.667. The van der Waals surface area contributed by atoms with Crippen molar-refractivity contribution in [3.63, 3.8) is 0 Å². The molecule has 0 aromatic carbocycles. The topological polar surface area (TPSA) is 37.8 Å². The second-order valence-corrected chi connectivity index (χ2v) is 4.59. The third-order valence-corrected chi connectivity index (χ3v) is 2.98. The number of hydrogen-bond donors (Lipinski definition) is 1. The van der Waals surface area contributed by atoms with Gasteiger partial charge in [0.15, 0.2) is 5.16 Å². The zero-order valence-electron chi connectivity index (χ0n) is 10.2. The van der Waals surface area contributed by atoms with Gasteiger partial charge in [-0.15, -0.1) is 0 Å². The highest BCUT2D eigenvalue weighted by molar-refractivity contribution is 7.98. The van der Waals surface area contributed by atoms with Crippen molar-refractivity contribution in [1.29, 1.82) is 0 Å². The van der Waals surface area contributed by atoms with Crippen molar-refractivity contribution in [2.45, 2.75) is 44.3 Å². The molecule has 0 bridgehead atoms. The fourth-order valence-electron chi connectivity index (χ4n) is 1.45. The normalized spacial score (nSPS) is 10.6. The molecule has 0 spiro atoms. The Labute approximate surface area is 102 Å². The van der Waals surface area contributed by atoms with Crippen LogP contribution in [0.5, 0.6) is 0 Å².